The SMILES string of the molecule is CCOC(=O)C1=C(C)N=c2s/c(=C/c3cc(I)c(OCc4ccc(Cl)cc4Cl)c(I)c3)c(=O)n2[C@H]1c1cccc2ccccc12. The van der Waals surface area contributed by atoms with Crippen molar-refractivity contribution < 1.29 is 14.3 Å². The van der Waals surface area contributed by atoms with Gasteiger partial charge in [0.15, 0.2) is 4.80 Å². The minimum atomic E-state index is -0.690. The van der Waals surface area contributed by atoms with E-state index in [0.29, 0.717) is 30.6 Å². The number of thiazole rings is 1. The number of carbonyl (C=O) groups excluding carboxylic acids is 1. The fourth-order valence-corrected chi connectivity index (χ4v) is 8.95. The first kappa shape index (κ1) is 32.2. The zero-order valence-corrected chi connectivity index (χ0v) is 30.6. The van der Waals surface area contributed by atoms with Crippen molar-refractivity contribution in [2.24, 2.45) is 4.99 Å². The van der Waals surface area contributed by atoms with Crippen molar-refractivity contribution in [1.82, 2.24) is 4.57 Å². The first-order valence-corrected chi connectivity index (χ1v) is 17.6. The number of benzene rings is 4. The fourth-order valence-electron chi connectivity index (χ4n) is 5.32. The van der Waals surface area contributed by atoms with Crippen LogP contribution in [0.1, 0.15) is 36.6 Å². The lowest BCUT2D eigenvalue weighted by atomic mass is 9.91. The molecule has 1 aliphatic heterocycles. The van der Waals surface area contributed by atoms with Crippen molar-refractivity contribution in [2.75, 3.05) is 6.61 Å². The number of hydrogen-bond acceptors (Lipinski definition) is 6. The molecule has 4 aromatic carbocycles. The highest BCUT2D eigenvalue weighted by atomic mass is 127. The van der Waals surface area contributed by atoms with Gasteiger partial charge in [0, 0.05) is 15.6 Å². The molecule has 0 fully saturated rings. The summed E-state index contributed by atoms with van der Waals surface area (Å²) in [7, 11) is 0. The molecule has 11 heteroatoms. The molecular weight excluding hydrogens is 857 g/mol. The Bertz CT molecular complexity index is 2180. The molecular formula is C34H24Cl2I2N2O4S. The summed E-state index contributed by atoms with van der Waals surface area (Å²) < 4.78 is 15.5. The van der Waals surface area contributed by atoms with Crippen LogP contribution in [-0.2, 0) is 16.1 Å². The second-order valence-electron chi connectivity index (χ2n) is 10.2. The number of carbonyl (C=O) groups is 1. The summed E-state index contributed by atoms with van der Waals surface area (Å²) in [6.07, 6.45) is 1.86. The maximum atomic E-state index is 14.2. The van der Waals surface area contributed by atoms with Gasteiger partial charge < -0.3 is 9.47 Å². The predicted octanol–water partition coefficient (Wildman–Crippen LogP) is 8.05. The van der Waals surface area contributed by atoms with Crippen molar-refractivity contribution in [3.63, 3.8) is 0 Å². The molecule has 0 N–H and O–H groups in total. The molecule has 0 aliphatic carbocycles. The Morgan fingerprint density at radius 3 is 2.51 bits per heavy atom. The number of rotatable bonds is 7. The van der Waals surface area contributed by atoms with E-state index in [1.54, 1.807) is 30.5 Å². The molecule has 1 aliphatic rings. The van der Waals surface area contributed by atoms with Gasteiger partial charge in [-0.3, -0.25) is 9.36 Å². The summed E-state index contributed by atoms with van der Waals surface area (Å²) >= 11 is 18.1. The second kappa shape index (κ2) is 13.6. The van der Waals surface area contributed by atoms with Gasteiger partial charge in [0.25, 0.3) is 5.56 Å². The number of ether oxygens (including phenoxy) is 2. The Morgan fingerprint density at radius 1 is 1.04 bits per heavy atom. The number of allylic oxidation sites excluding steroid dienone is 1. The smallest absolute Gasteiger partial charge is 0.338 e. The average Bonchev–Trinajstić information content (AvgIpc) is 3.30. The largest absolute Gasteiger partial charge is 0.487 e. The monoisotopic (exact) mass is 880 g/mol. The first-order valence-electron chi connectivity index (χ1n) is 13.9. The van der Waals surface area contributed by atoms with E-state index in [9.17, 15) is 9.59 Å². The van der Waals surface area contributed by atoms with Crippen molar-refractivity contribution in [3.05, 3.63) is 138 Å². The maximum absolute atomic E-state index is 14.2. The molecule has 0 saturated carbocycles. The third-order valence-corrected chi connectivity index (χ3v) is 10.5. The third kappa shape index (κ3) is 6.47. The minimum Gasteiger partial charge on any atom is -0.487 e. The predicted molar refractivity (Wildman–Crippen MR) is 197 cm³/mol. The van der Waals surface area contributed by atoms with E-state index >= 15 is 0 Å². The van der Waals surface area contributed by atoms with Crippen LogP contribution >= 0.6 is 79.7 Å². The molecule has 6 nitrogen and oxygen atoms in total. The van der Waals surface area contributed by atoms with E-state index in [-0.39, 0.29) is 18.8 Å². The Morgan fingerprint density at radius 2 is 1.78 bits per heavy atom. The van der Waals surface area contributed by atoms with E-state index in [1.165, 1.54) is 11.3 Å². The van der Waals surface area contributed by atoms with E-state index < -0.39 is 12.0 Å². The van der Waals surface area contributed by atoms with Gasteiger partial charge in [-0.2, -0.15) is 0 Å². The normalized spacial score (nSPS) is 14.8. The molecule has 0 amide bonds. The Labute approximate surface area is 300 Å². The average molecular weight is 881 g/mol. The lowest BCUT2D eigenvalue weighted by Crippen LogP contribution is -2.40. The van der Waals surface area contributed by atoms with Gasteiger partial charge in [-0.25, -0.2) is 9.79 Å². The summed E-state index contributed by atoms with van der Waals surface area (Å²) in [6, 6.07) is 22.4. The zero-order chi connectivity index (χ0) is 31.8. The van der Waals surface area contributed by atoms with Gasteiger partial charge in [0.2, 0.25) is 0 Å². The number of esters is 1. The zero-order valence-electron chi connectivity index (χ0n) is 23.9. The number of fused-ring (bicyclic) bond motifs is 2. The van der Waals surface area contributed by atoms with Crippen LogP contribution in [0.4, 0.5) is 0 Å². The summed E-state index contributed by atoms with van der Waals surface area (Å²) in [5, 5.41) is 3.08. The van der Waals surface area contributed by atoms with Crippen LogP contribution in [-0.4, -0.2) is 17.1 Å². The van der Waals surface area contributed by atoms with Crippen LogP contribution in [0.5, 0.6) is 5.75 Å². The minimum absolute atomic E-state index is 0.214. The van der Waals surface area contributed by atoms with E-state index in [4.69, 9.17) is 37.7 Å². The van der Waals surface area contributed by atoms with Crippen LogP contribution in [0.3, 0.4) is 0 Å². The molecule has 0 spiro atoms. The van der Waals surface area contributed by atoms with Crippen LogP contribution < -0.4 is 19.6 Å². The third-order valence-electron chi connectivity index (χ3n) is 7.34. The van der Waals surface area contributed by atoms with Crippen LogP contribution in [0, 0.1) is 7.14 Å². The highest BCUT2D eigenvalue weighted by Crippen LogP contribution is 2.35. The summed E-state index contributed by atoms with van der Waals surface area (Å²) in [6.45, 7) is 4.06. The lowest BCUT2D eigenvalue weighted by Gasteiger charge is -2.25. The molecule has 2 heterocycles. The number of nitrogens with zero attached hydrogens (tertiary/aromatic N) is 2. The molecule has 1 atom stereocenters. The van der Waals surface area contributed by atoms with Crippen molar-refractivity contribution in [2.45, 2.75) is 26.5 Å². The van der Waals surface area contributed by atoms with E-state index in [2.05, 4.69) is 45.2 Å². The molecule has 1 aromatic heterocycles. The van der Waals surface area contributed by atoms with Crippen molar-refractivity contribution >= 4 is 103 Å². The van der Waals surface area contributed by atoms with Gasteiger partial charge in [-0.15, -0.1) is 0 Å². The topological polar surface area (TPSA) is 69.9 Å². The first-order chi connectivity index (χ1) is 21.7. The highest BCUT2D eigenvalue weighted by molar-refractivity contribution is 14.1. The lowest BCUT2D eigenvalue weighted by molar-refractivity contribution is -0.139. The summed E-state index contributed by atoms with van der Waals surface area (Å²) in [5.74, 6) is 0.247. The van der Waals surface area contributed by atoms with Gasteiger partial charge in [-0.1, -0.05) is 83.1 Å². The molecule has 5 aromatic rings. The van der Waals surface area contributed by atoms with E-state index in [0.717, 1.165) is 40.4 Å². The summed E-state index contributed by atoms with van der Waals surface area (Å²) in [5.41, 5.74) is 3.17. The van der Waals surface area contributed by atoms with Gasteiger partial charge in [0.05, 0.1) is 35.6 Å². The molecule has 45 heavy (non-hydrogen) atoms. The molecule has 6 rings (SSSR count). The Hall–Kier alpha value is -2.71. The number of halogens is 4. The van der Waals surface area contributed by atoms with Crippen LogP contribution in [0.15, 0.2) is 93.9 Å². The Kier molecular flexibility index (Phi) is 9.72. The van der Waals surface area contributed by atoms with Gasteiger partial charge in [0.1, 0.15) is 12.4 Å². The van der Waals surface area contributed by atoms with Crippen molar-refractivity contribution in [1.29, 1.82) is 0 Å². The van der Waals surface area contributed by atoms with Crippen LogP contribution in [0.2, 0.25) is 10.0 Å². The number of aromatic nitrogens is 1. The Balaban J connectivity index is 1.43. The van der Waals surface area contributed by atoms with Crippen LogP contribution in [0.25, 0.3) is 16.8 Å². The molecule has 0 radical (unpaired) electrons. The van der Waals surface area contributed by atoms with Gasteiger partial charge >= 0.3 is 5.97 Å². The molecule has 0 unspecified atom stereocenters. The van der Waals surface area contributed by atoms with Gasteiger partial charge in [-0.05, 0) is 111 Å². The second-order valence-corrected chi connectivity index (χ2v) is 14.4. The quantitative estimate of drug-likeness (QED) is 0.123. The number of hydrogen-bond donors (Lipinski definition) is 0. The summed E-state index contributed by atoms with van der Waals surface area (Å²) in [4.78, 5) is 32.8. The standard InChI is InChI=1S/C34H24Cl2I2N2O4S/c1-3-43-33(42)29-18(2)39-34-40(30(29)24-10-6-8-20-7-4-5-9-23(20)24)32(41)28(45-34)15-19-13-26(37)31(27(38)14-19)44-17-21-11-12-22(35)16-25(21)36/h4-16,30H,3,17H2,1-2H3/b28-15+/t30-/m0/s1. The molecule has 0 bridgehead atoms. The molecule has 0 saturated heterocycles. The highest BCUT2D eigenvalue weighted by Gasteiger charge is 2.34. The molecule has 228 valence electrons. The van der Waals surface area contributed by atoms with E-state index in [1.807, 2.05) is 66.7 Å². The fraction of sp³-hybridized carbons (Fsp3) is 0.147. The maximum Gasteiger partial charge on any atom is 0.338 e. The van der Waals surface area contributed by atoms with Crippen molar-refractivity contribution in [3.8, 4) is 5.75 Å².